The first kappa shape index (κ1) is 14.5. The number of benzene rings is 1. The maximum Gasteiger partial charge on any atom is 0.325 e. The van der Waals surface area contributed by atoms with Gasteiger partial charge in [-0.05, 0) is 41.1 Å². The Labute approximate surface area is 114 Å². The molecule has 0 saturated carbocycles. The van der Waals surface area contributed by atoms with Crippen molar-refractivity contribution in [1.29, 1.82) is 0 Å². The summed E-state index contributed by atoms with van der Waals surface area (Å²) < 4.78 is 9.91. The van der Waals surface area contributed by atoms with E-state index in [1.807, 2.05) is 0 Å². The van der Waals surface area contributed by atoms with Crippen LogP contribution in [-0.4, -0.2) is 30.5 Å². The largest absolute Gasteiger partial charge is 0.482 e. The number of hydrogen-bond acceptors (Lipinski definition) is 4. The van der Waals surface area contributed by atoms with Gasteiger partial charge >= 0.3 is 5.97 Å². The molecular weight excluding hydrogens is 302 g/mol. The van der Waals surface area contributed by atoms with E-state index < -0.39 is 5.97 Å². The minimum atomic E-state index is -0.460. The lowest BCUT2D eigenvalue weighted by Crippen LogP contribution is -2.30. The average Bonchev–Trinajstić information content (AvgIpc) is 2.37. The summed E-state index contributed by atoms with van der Waals surface area (Å²) in [5.41, 5.74) is 0.777. The zero-order chi connectivity index (χ0) is 13.4. The molecule has 0 atom stereocenters. The molecule has 0 bridgehead atoms. The second-order valence-electron chi connectivity index (χ2n) is 3.27. The van der Waals surface area contributed by atoms with Crippen LogP contribution in [0.25, 0.3) is 0 Å². The number of nitrogens with one attached hydrogen (secondary N) is 1. The third kappa shape index (κ3) is 4.75. The lowest BCUT2D eigenvalue weighted by Gasteiger charge is -2.06. The number of rotatable bonds is 6. The van der Waals surface area contributed by atoms with Crippen molar-refractivity contribution in [3.05, 3.63) is 29.8 Å². The highest BCUT2D eigenvalue weighted by Crippen LogP contribution is 2.13. The molecule has 0 saturated heterocycles. The summed E-state index contributed by atoms with van der Waals surface area (Å²) in [6, 6.07) is 6.68. The summed E-state index contributed by atoms with van der Waals surface area (Å²) in [4.78, 5) is 22.8. The lowest BCUT2D eigenvalue weighted by molar-refractivity contribution is -0.141. The minimum Gasteiger partial charge on any atom is -0.482 e. The Morgan fingerprint density at radius 2 is 2.17 bits per heavy atom. The molecule has 0 aliphatic carbocycles. The number of carbonyl (C=O) groups excluding carboxylic acids is 2. The molecule has 0 radical (unpaired) electrons. The van der Waals surface area contributed by atoms with Crippen LogP contribution < -0.4 is 10.1 Å². The molecule has 0 aliphatic heterocycles. The predicted octanol–water partition coefficient (Wildman–Crippen LogP) is 1.71. The van der Waals surface area contributed by atoms with Crippen LogP contribution in [0.15, 0.2) is 24.3 Å². The van der Waals surface area contributed by atoms with Crippen molar-refractivity contribution in [2.24, 2.45) is 0 Å². The first-order valence-electron chi connectivity index (χ1n) is 5.40. The van der Waals surface area contributed by atoms with Crippen LogP contribution in [0.2, 0.25) is 0 Å². The number of alkyl halides is 1. The van der Waals surface area contributed by atoms with Crippen molar-refractivity contribution < 1.29 is 19.1 Å². The van der Waals surface area contributed by atoms with Gasteiger partial charge in [0.1, 0.15) is 17.8 Å². The maximum atomic E-state index is 11.7. The normalized spacial score (nSPS) is 9.67. The monoisotopic (exact) mass is 315 g/mol. The Balaban J connectivity index is 2.55. The number of ether oxygens (including phenoxy) is 2. The summed E-state index contributed by atoms with van der Waals surface area (Å²) in [6.07, 6.45) is 0. The molecular formula is C12H14BrNO4. The summed E-state index contributed by atoms with van der Waals surface area (Å²) in [7, 11) is 0. The fraction of sp³-hybridized carbons (Fsp3) is 0.333. The molecule has 18 heavy (non-hydrogen) atoms. The third-order valence-electron chi connectivity index (χ3n) is 2.02. The van der Waals surface area contributed by atoms with Crippen LogP contribution >= 0.6 is 15.9 Å². The zero-order valence-electron chi connectivity index (χ0n) is 9.94. The van der Waals surface area contributed by atoms with Gasteiger partial charge < -0.3 is 14.8 Å². The van der Waals surface area contributed by atoms with Gasteiger partial charge in [-0.15, -0.1) is 0 Å². The summed E-state index contributed by atoms with van der Waals surface area (Å²) in [5.74, 6) is -0.225. The van der Waals surface area contributed by atoms with Crippen molar-refractivity contribution in [3.63, 3.8) is 0 Å². The van der Waals surface area contributed by atoms with E-state index in [-0.39, 0.29) is 12.5 Å². The molecule has 6 heteroatoms. The van der Waals surface area contributed by atoms with Crippen LogP contribution in [-0.2, 0) is 9.53 Å². The van der Waals surface area contributed by atoms with E-state index in [1.54, 1.807) is 31.2 Å². The number of hydrogen-bond donors (Lipinski definition) is 1. The standard InChI is InChI=1S/C12H14BrNO4/c1-2-17-11(15)7-14-12(16)9-4-3-5-10(6-9)18-8-13/h3-6H,2,7-8H2,1H3,(H,14,16). The highest BCUT2D eigenvalue weighted by molar-refractivity contribution is 9.09. The molecule has 1 aromatic rings. The summed E-state index contributed by atoms with van der Waals surface area (Å²) >= 11 is 3.13. The van der Waals surface area contributed by atoms with Gasteiger partial charge in [-0.3, -0.25) is 9.59 Å². The van der Waals surface area contributed by atoms with Crippen molar-refractivity contribution in [3.8, 4) is 5.75 Å². The minimum absolute atomic E-state index is 0.143. The van der Waals surface area contributed by atoms with Gasteiger partial charge in [-0.25, -0.2) is 0 Å². The van der Waals surface area contributed by atoms with Crippen molar-refractivity contribution >= 4 is 27.8 Å². The van der Waals surface area contributed by atoms with Gasteiger partial charge in [0.2, 0.25) is 0 Å². The number of halogens is 1. The Bertz CT molecular complexity index is 422. The van der Waals surface area contributed by atoms with Gasteiger partial charge in [0.25, 0.3) is 5.91 Å². The van der Waals surface area contributed by atoms with Crippen LogP contribution in [0.4, 0.5) is 0 Å². The second-order valence-corrected chi connectivity index (χ2v) is 3.73. The SMILES string of the molecule is CCOC(=O)CNC(=O)c1cccc(OCBr)c1. The van der Waals surface area contributed by atoms with E-state index in [2.05, 4.69) is 21.2 Å². The third-order valence-corrected chi connectivity index (χ3v) is 2.24. The molecule has 0 heterocycles. The molecule has 1 N–H and O–H groups in total. The lowest BCUT2D eigenvalue weighted by atomic mass is 10.2. The summed E-state index contributed by atoms with van der Waals surface area (Å²) in [5, 5.41) is 2.47. The number of carbonyl (C=O) groups is 2. The maximum absolute atomic E-state index is 11.7. The number of esters is 1. The van der Waals surface area contributed by atoms with Crippen LogP contribution in [0, 0.1) is 0 Å². The Kier molecular flexibility index (Phi) is 6.21. The first-order valence-corrected chi connectivity index (χ1v) is 6.52. The predicted molar refractivity (Wildman–Crippen MR) is 69.8 cm³/mol. The highest BCUT2D eigenvalue weighted by Gasteiger charge is 2.09. The van der Waals surface area contributed by atoms with Gasteiger partial charge in [0, 0.05) is 5.56 Å². The van der Waals surface area contributed by atoms with E-state index in [0.29, 0.717) is 23.4 Å². The van der Waals surface area contributed by atoms with Gasteiger partial charge in [-0.2, -0.15) is 0 Å². The van der Waals surface area contributed by atoms with E-state index in [4.69, 9.17) is 9.47 Å². The number of amides is 1. The zero-order valence-corrected chi connectivity index (χ0v) is 11.5. The van der Waals surface area contributed by atoms with Gasteiger partial charge in [-0.1, -0.05) is 6.07 Å². The van der Waals surface area contributed by atoms with Gasteiger partial charge in [0.15, 0.2) is 0 Å². The van der Waals surface area contributed by atoms with E-state index in [9.17, 15) is 9.59 Å². The topological polar surface area (TPSA) is 64.6 Å². The highest BCUT2D eigenvalue weighted by atomic mass is 79.9. The second kappa shape index (κ2) is 7.71. The van der Waals surface area contributed by atoms with Crippen molar-refractivity contribution in [1.82, 2.24) is 5.32 Å². The van der Waals surface area contributed by atoms with Crippen molar-refractivity contribution in [2.75, 3.05) is 18.7 Å². The molecule has 0 aromatic heterocycles. The molecule has 1 aromatic carbocycles. The summed E-state index contributed by atoms with van der Waals surface area (Å²) in [6.45, 7) is 1.86. The van der Waals surface area contributed by atoms with E-state index in [0.717, 1.165) is 0 Å². The average molecular weight is 316 g/mol. The quantitative estimate of drug-likeness (QED) is 0.641. The van der Waals surface area contributed by atoms with E-state index >= 15 is 0 Å². The fourth-order valence-corrected chi connectivity index (χ4v) is 1.52. The van der Waals surface area contributed by atoms with Crippen molar-refractivity contribution in [2.45, 2.75) is 6.92 Å². The molecule has 0 unspecified atom stereocenters. The molecule has 5 nitrogen and oxygen atoms in total. The smallest absolute Gasteiger partial charge is 0.325 e. The molecule has 0 fully saturated rings. The molecule has 1 rings (SSSR count). The van der Waals surface area contributed by atoms with Crippen LogP contribution in [0.1, 0.15) is 17.3 Å². The van der Waals surface area contributed by atoms with Crippen LogP contribution in [0.5, 0.6) is 5.75 Å². The van der Waals surface area contributed by atoms with Crippen LogP contribution in [0.3, 0.4) is 0 Å². The first-order chi connectivity index (χ1) is 8.67. The Morgan fingerprint density at radius 3 is 2.83 bits per heavy atom. The Morgan fingerprint density at radius 1 is 1.39 bits per heavy atom. The van der Waals surface area contributed by atoms with Gasteiger partial charge in [0.05, 0.1) is 6.61 Å². The molecule has 1 amide bonds. The fourth-order valence-electron chi connectivity index (χ4n) is 1.26. The molecule has 98 valence electrons. The Hall–Kier alpha value is -1.56. The van der Waals surface area contributed by atoms with E-state index in [1.165, 1.54) is 0 Å². The molecule has 0 aliphatic rings. The molecule has 0 spiro atoms.